The highest BCUT2D eigenvalue weighted by Gasteiger charge is 2.28. The Labute approximate surface area is 87.1 Å². The maximum atomic E-state index is 10.9. The summed E-state index contributed by atoms with van der Waals surface area (Å²) in [5.74, 6) is -0.677. The zero-order valence-electron chi connectivity index (χ0n) is 8.45. The van der Waals surface area contributed by atoms with E-state index in [1.807, 2.05) is 6.92 Å². The van der Waals surface area contributed by atoms with Crippen molar-refractivity contribution in [2.75, 3.05) is 13.2 Å². The van der Waals surface area contributed by atoms with Gasteiger partial charge in [-0.25, -0.2) is 4.99 Å². The molecule has 2 aliphatic rings. The van der Waals surface area contributed by atoms with E-state index in [1.165, 1.54) is 0 Å². The van der Waals surface area contributed by atoms with Gasteiger partial charge in [-0.15, -0.1) is 0 Å². The van der Waals surface area contributed by atoms with Crippen LogP contribution in [0.3, 0.4) is 0 Å². The van der Waals surface area contributed by atoms with Gasteiger partial charge >= 0.3 is 11.8 Å². The second-order valence-corrected chi connectivity index (χ2v) is 3.75. The first-order valence-electron chi connectivity index (χ1n) is 4.94. The Morgan fingerprint density at radius 1 is 1.40 bits per heavy atom. The molecule has 2 rings (SSSR count). The van der Waals surface area contributed by atoms with Gasteiger partial charge in [-0.2, -0.15) is 0 Å². The van der Waals surface area contributed by atoms with Gasteiger partial charge in [-0.1, -0.05) is 0 Å². The number of rotatable bonds is 2. The molecular formula is C9H13N3O3. The number of nitrogens with zero attached hydrogens (tertiary/aromatic N) is 1. The summed E-state index contributed by atoms with van der Waals surface area (Å²) in [6, 6.07) is 0.0428. The van der Waals surface area contributed by atoms with Crippen molar-refractivity contribution in [1.29, 1.82) is 0 Å². The Hall–Kier alpha value is -1.43. The standard InChI is InChI=1S/C9H13N3O3/c1-5(6-2-3-15-4-6)10-9-11-7(13)8(14)12-9/h5-6H,2-4H2,1H3,(H2,10,11,12,13,14). The first-order valence-corrected chi connectivity index (χ1v) is 4.94. The number of hydrogen-bond donors (Lipinski definition) is 2. The van der Waals surface area contributed by atoms with E-state index in [-0.39, 0.29) is 12.0 Å². The lowest BCUT2D eigenvalue weighted by atomic mass is 10.0. The van der Waals surface area contributed by atoms with E-state index in [1.54, 1.807) is 0 Å². The van der Waals surface area contributed by atoms with Gasteiger partial charge in [0, 0.05) is 12.5 Å². The van der Waals surface area contributed by atoms with Gasteiger partial charge in [0.1, 0.15) is 0 Å². The van der Waals surface area contributed by atoms with Crippen molar-refractivity contribution in [2.24, 2.45) is 10.9 Å². The minimum absolute atomic E-state index is 0.0428. The van der Waals surface area contributed by atoms with Crippen LogP contribution in [0.4, 0.5) is 0 Å². The van der Waals surface area contributed by atoms with Crippen LogP contribution >= 0.6 is 0 Å². The van der Waals surface area contributed by atoms with E-state index in [2.05, 4.69) is 15.6 Å². The molecule has 0 spiro atoms. The van der Waals surface area contributed by atoms with E-state index < -0.39 is 11.8 Å². The maximum Gasteiger partial charge on any atom is 0.316 e. The molecule has 0 radical (unpaired) electrons. The van der Waals surface area contributed by atoms with Crippen LogP contribution in [0.15, 0.2) is 4.99 Å². The monoisotopic (exact) mass is 211 g/mol. The van der Waals surface area contributed by atoms with Gasteiger partial charge in [0.2, 0.25) is 5.96 Å². The summed E-state index contributed by atoms with van der Waals surface area (Å²) in [4.78, 5) is 25.9. The molecule has 2 fully saturated rings. The average Bonchev–Trinajstić information content (AvgIpc) is 2.77. The largest absolute Gasteiger partial charge is 0.381 e. The first kappa shape index (κ1) is 10.1. The van der Waals surface area contributed by atoms with Crippen LogP contribution in [0.25, 0.3) is 0 Å². The fourth-order valence-electron chi connectivity index (χ4n) is 1.67. The van der Waals surface area contributed by atoms with Crippen molar-refractivity contribution < 1.29 is 14.3 Å². The molecule has 0 aromatic rings. The lowest BCUT2D eigenvalue weighted by Crippen LogP contribution is -2.29. The molecule has 0 bridgehead atoms. The molecule has 2 amide bonds. The van der Waals surface area contributed by atoms with Gasteiger partial charge < -0.3 is 4.74 Å². The van der Waals surface area contributed by atoms with Crippen LogP contribution in [0.1, 0.15) is 13.3 Å². The summed E-state index contributed by atoms with van der Waals surface area (Å²) in [5.41, 5.74) is 0. The molecule has 0 saturated carbocycles. The Morgan fingerprint density at radius 2 is 2.07 bits per heavy atom. The van der Waals surface area contributed by atoms with Crippen LogP contribution in [0.2, 0.25) is 0 Å². The average molecular weight is 211 g/mol. The van der Waals surface area contributed by atoms with Crippen LogP contribution in [-0.4, -0.2) is 37.0 Å². The lowest BCUT2D eigenvalue weighted by molar-refractivity contribution is -0.135. The highest BCUT2D eigenvalue weighted by Crippen LogP contribution is 2.18. The number of ether oxygens (including phenoxy) is 1. The summed E-state index contributed by atoms with van der Waals surface area (Å²) in [6.07, 6.45) is 0.972. The third kappa shape index (κ3) is 2.15. The second kappa shape index (κ2) is 3.98. The number of aliphatic imine (C=N–C) groups is 1. The van der Waals surface area contributed by atoms with Crippen molar-refractivity contribution >= 4 is 17.8 Å². The molecule has 82 valence electrons. The predicted octanol–water partition coefficient (Wildman–Crippen LogP) is -0.987. The van der Waals surface area contributed by atoms with Gasteiger partial charge in [0.05, 0.1) is 12.6 Å². The predicted molar refractivity (Wildman–Crippen MR) is 52.1 cm³/mol. The Kier molecular flexibility index (Phi) is 2.68. The zero-order chi connectivity index (χ0) is 10.8. The highest BCUT2D eigenvalue weighted by molar-refractivity contribution is 6.45. The molecule has 2 atom stereocenters. The molecule has 2 aliphatic heterocycles. The summed E-state index contributed by atoms with van der Waals surface area (Å²) < 4.78 is 5.24. The number of carbonyl (C=O) groups excluding carboxylic acids is 2. The van der Waals surface area contributed by atoms with Crippen LogP contribution in [0.5, 0.6) is 0 Å². The van der Waals surface area contributed by atoms with E-state index in [0.717, 1.165) is 13.0 Å². The summed E-state index contributed by atoms with van der Waals surface area (Å²) in [6.45, 7) is 3.40. The molecule has 2 unspecified atom stereocenters. The third-order valence-electron chi connectivity index (χ3n) is 2.65. The Bertz CT molecular complexity index is 303. The van der Waals surface area contributed by atoms with Crippen LogP contribution in [-0.2, 0) is 14.3 Å². The SMILES string of the molecule is CC(N=C1NC(=O)C(=O)N1)C1CCOC1. The number of carbonyl (C=O) groups is 2. The maximum absolute atomic E-state index is 10.9. The van der Waals surface area contributed by atoms with Crippen molar-refractivity contribution in [3.8, 4) is 0 Å². The third-order valence-corrected chi connectivity index (χ3v) is 2.65. The summed E-state index contributed by atoms with van der Waals surface area (Å²) >= 11 is 0. The second-order valence-electron chi connectivity index (χ2n) is 3.75. The fourth-order valence-corrected chi connectivity index (χ4v) is 1.67. The first-order chi connectivity index (χ1) is 7.16. The molecule has 0 aromatic carbocycles. The molecule has 0 aliphatic carbocycles. The molecule has 0 aromatic heterocycles. The zero-order valence-corrected chi connectivity index (χ0v) is 8.45. The van der Waals surface area contributed by atoms with Crippen molar-refractivity contribution in [2.45, 2.75) is 19.4 Å². The fraction of sp³-hybridized carbons (Fsp3) is 0.667. The minimum Gasteiger partial charge on any atom is -0.381 e. The Balaban J connectivity index is 1.97. The summed E-state index contributed by atoms with van der Waals surface area (Å²) in [7, 11) is 0. The molecule has 2 heterocycles. The van der Waals surface area contributed by atoms with Crippen LogP contribution in [0, 0.1) is 5.92 Å². The van der Waals surface area contributed by atoms with Crippen molar-refractivity contribution in [3.05, 3.63) is 0 Å². The van der Waals surface area contributed by atoms with Gasteiger partial charge in [0.15, 0.2) is 0 Å². The Morgan fingerprint density at radius 3 is 2.60 bits per heavy atom. The van der Waals surface area contributed by atoms with Gasteiger partial charge in [-0.3, -0.25) is 20.2 Å². The van der Waals surface area contributed by atoms with E-state index in [0.29, 0.717) is 12.5 Å². The number of guanidine groups is 1. The number of hydrogen-bond acceptors (Lipinski definition) is 4. The topological polar surface area (TPSA) is 79.8 Å². The number of amides is 2. The normalized spacial score (nSPS) is 27.5. The molecule has 2 saturated heterocycles. The lowest BCUT2D eigenvalue weighted by Gasteiger charge is -2.13. The minimum atomic E-state index is -0.649. The van der Waals surface area contributed by atoms with E-state index in [9.17, 15) is 9.59 Å². The molecule has 6 heteroatoms. The smallest absolute Gasteiger partial charge is 0.316 e. The van der Waals surface area contributed by atoms with Crippen molar-refractivity contribution in [3.63, 3.8) is 0 Å². The molecule has 6 nitrogen and oxygen atoms in total. The van der Waals surface area contributed by atoms with Crippen LogP contribution < -0.4 is 10.6 Å². The van der Waals surface area contributed by atoms with E-state index in [4.69, 9.17) is 4.74 Å². The molecular weight excluding hydrogens is 198 g/mol. The van der Waals surface area contributed by atoms with Gasteiger partial charge in [0.25, 0.3) is 0 Å². The number of nitrogens with one attached hydrogen (secondary N) is 2. The summed E-state index contributed by atoms with van der Waals surface area (Å²) in [5, 5.41) is 4.74. The molecule has 2 N–H and O–H groups in total. The van der Waals surface area contributed by atoms with Gasteiger partial charge in [-0.05, 0) is 13.3 Å². The highest BCUT2D eigenvalue weighted by atomic mass is 16.5. The molecule has 15 heavy (non-hydrogen) atoms. The quantitative estimate of drug-likeness (QED) is 0.576. The van der Waals surface area contributed by atoms with E-state index >= 15 is 0 Å². The van der Waals surface area contributed by atoms with Crippen molar-refractivity contribution in [1.82, 2.24) is 10.6 Å².